The summed E-state index contributed by atoms with van der Waals surface area (Å²) in [6.45, 7) is 9.65. The lowest BCUT2D eigenvalue weighted by atomic mass is 10.3. The van der Waals surface area contributed by atoms with Gasteiger partial charge in [-0.05, 0) is 26.3 Å². The molecule has 1 unspecified atom stereocenters. The second kappa shape index (κ2) is 4.23. The highest BCUT2D eigenvalue weighted by molar-refractivity contribution is 5.91. The van der Waals surface area contributed by atoms with Crippen LogP contribution in [0.3, 0.4) is 0 Å². The highest BCUT2D eigenvalue weighted by atomic mass is 16.6. The number of Topliss-reactive ketones (excluding diaryl/α,β-unsaturated/α-hetero) is 1. The van der Waals surface area contributed by atoms with Gasteiger partial charge in [0.1, 0.15) is 0 Å². The number of allylic oxidation sites excluding steroid dienone is 1. The number of epoxide rings is 1. The smallest absolute Gasteiger partial charge is 0.154 e. The van der Waals surface area contributed by atoms with Gasteiger partial charge in [-0.3, -0.25) is 4.79 Å². The van der Waals surface area contributed by atoms with E-state index < -0.39 is 0 Å². The van der Waals surface area contributed by atoms with Crippen LogP contribution in [0.1, 0.15) is 20.8 Å². The zero-order valence-electron chi connectivity index (χ0n) is 6.81. The van der Waals surface area contributed by atoms with Gasteiger partial charge in [-0.15, -0.1) is 0 Å². The Morgan fingerprint density at radius 1 is 1.60 bits per heavy atom. The normalized spacial score (nSPS) is 20.5. The fourth-order valence-corrected chi connectivity index (χ4v) is 0.0962. The highest BCUT2D eigenvalue weighted by Gasteiger charge is 2.13. The van der Waals surface area contributed by atoms with Crippen LogP contribution in [0.4, 0.5) is 0 Å². The van der Waals surface area contributed by atoms with Crippen LogP contribution in [0.25, 0.3) is 0 Å². The minimum atomic E-state index is 0.0648. The molecule has 0 amide bonds. The minimum absolute atomic E-state index is 0.0648. The molecule has 1 aliphatic heterocycles. The van der Waals surface area contributed by atoms with Crippen molar-refractivity contribution in [3.63, 3.8) is 0 Å². The molecule has 0 bridgehead atoms. The molecule has 1 fully saturated rings. The summed E-state index contributed by atoms with van der Waals surface area (Å²) in [4.78, 5) is 10.0. The van der Waals surface area contributed by atoms with E-state index in [-0.39, 0.29) is 5.78 Å². The summed E-state index contributed by atoms with van der Waals surface area (Å²) in [5.41, 5.74) is 0.620. The van der Waals surface area contributed by atoms with Gasteiger partial charge < -0.3 is 4.74 Å². The first-order valence-corrected chi connectivity index (χ1v) is 3.32. The molecule has 0 aromatic heterocycles. The molecule has 0 N–H and O–H groups in total. The molecule has 0 aromatic carbocycles. The molecule has 2 heteroatoms. The van der Waals surface area contributed by atoms with Gasteiger partial charge in [0, 0.05) is 0 Å². The Kier molecular flexibility index (Phi) is 3.96. The van der Waals surface area contributed by atoms with Crippen molar-refractivity contribution in [2.75, 3.05) is 6.61 Å². The van der Waals surface area contributed by atoms with Crippen molar-refractivity contribution in [3.8, 4) is 0 Å². The Morgan fingerprint density at radius 2 is 1.80 bits per heavy atom. The second-order valence-electron chi connectivity index (χ2n) is 2.48. The van der Waals surface area contributed by atoms with E-state index in [0.717, 1.165) is 6.61 Å². The summed E-state index contributed by atoms with van der Waals surface area (Å²) in [6, 6.07) is 0. The Hall–Kier alpha value is -0.630. The number of hydrogen-bond acceptors (Lipinski definition) is 2. The summed E-state index contributed by atoms with van der Waals surface area (Å²) in [5, 5.41) is 0. The summed E-state index contributed by atoms with van der Waals surface area (Å²) in [5.74, 6) is 0.0648. The minimum Gasteiger partial charge on any atom is -0.373 e. The summed E-state index contributed by atoms with van der Waals surface area (Å²) >= 11 is 0. The first-order valence-electron chi connectivity index (χ1n) is 3.32. The van der Waals surface area contributed by atoms with Crippen molar-refractivity contribution in [1.29, 1.82) is 0 Å². The van der Waals surface area contributed by atoms with Gasteiger partial charge in [-0.25, -0.2) is 0 Å². The van der Waals surface area contributed by atoms with Crippen molar-refractivity contribution in [1.82, 2.24) is 0 Å². The van der Waals surface area contributed by atoms with Crippen LogP contribution in [-0.4, -0.2) is 18.5 Å². The maximum Gasteiger partial charge on any atom is 0.154 e. The molecule has 1 heterocycles. The highest BCUT2D eigenvalue weighted by Crippen LogP contribution is 2.04. The van der Waals surface area contributed by atoms with Gasteiger partial charge in [0.15, 0.2) is 5.78 Å². The Labute approximate surface area is 61.9 Å². The molecule has 0 spiro atoms. The van der Waals surface area contributed by atoms with Gasteiger partial charge in [0.25, 0.3) is 0 Å². The predicted molar refractivity (Wildman–Crippen MR) is 40.9 cm³/mol. The van der Waals surface area contributed by atoms with Crippen molar-refractivity contribution in [3.05, 3.63) is 12.2 Å². The fraction of sp³-hybridized carbons (Fsp3) is 0.625. The molecule has 0 saturated carbocycles. The number of ether oxygens (including phenoxy) is 1. The summed E-state index contributed by atoms with van der Waals surface area (Å²) < 4.78 is 4.71. The lowest BCUT2D eigenvalue weighted by molar-refractivity contribution is -0.113. The van der Waals surface area contributed by atoms with Crippen LogP contribution in [0, 0.1) is 0 Å². The summed E-state index contributed by atoms with van der Waals surface area (Å²) in [7, 11) is 0. The average molecular weight is 142 g/mol. The molecule has 58 valence electrons. The SMILES string of the molecule is C=C(C)C(C)=O.CC1CO1. The quantitative estimate of drug-likeness (QED) is 0.410. The lowest BCUT2D eigenvalue weighted by Crippen LogP contribution is -1.86. The first kappa shape index (κ1) is 9.37. The molecule has 2 nitrogen and oxygen atoms in total. The third-order valence-corrected chi connectivity index (χ3v) is 1.10. The molecule has 0 aromatic rings. The molecule has 1 aliphatic rings. The van der Waals surface area contributed by atoms with Gasteiger partial charge in [0.2, 0.25) is 0 Å². The van der Waals surface area contributed by atoms with Crippen LogP contribution < -0.4 is 0 Å². The number of rotatable bonds is 1. The van der Waals surface area contributed by atoms with Gasteiger partial charge in [-0.2, -0.15) is 0 Å². The van der Waals surface area contributed by atoms with Gasteiger partial charge >= 0.3 is 0 Å². The van der Waals surface area contributed by atoms with E-state index in [2.05, 4.69) is 13.5 Å². The second-order valence-corrected chi connectivity index (χ2v) is 2.48. The van der Waals surface area contributed by atoms with Crippen molar-refractivity contribution in [2.45, 2.75) is 26.9 Å². The maximum atomic E-state index is 10.0. The van der Waals surface area contributed by atoms with Crippen LogP contribution in [0.15, 0.2) is 12.2 Å². The molecule has 0 radical (unpaired) electrons. The van der Waals surface area contributed by atoms with Crippen LogP contribution in [0.5, 0.6) is 0 Å². The van der Waals surface area contributed by atoms with Crippen molar-refractivity contribution in [2.24, 2.45) is 0 Å². The van der Waals surface area contributed by atoms with E-state index in [4.69, 9.17) is 4.74 Å². The third kappa shape index (κ3) is 7.37. The van der Waals surface area contributed by atoms with Crippen molar-refractivity contribution >= 4 is 5.78 Å². The average Bonchev–Trinajstić information content (AvgIpc) is 2.52. The van der Waals surface area contributed by atoms with Crippen LogP contribution in [-0.2, 0) is 9.53 Å². The van der Waals surface area contributed by atoms with Crippen molar-refractivity contribution < 1.29 is 9.53 Å². The third-order valence-electron chi connectivity index (χ3n) is 1.10. The van der Waals surface area contributed by atoms with E-state index in [0.29, 0.717) is 11.7 Å². The maximum absolute atomic E-state index is 10.0. The Balaban J connectivity index is 0.000000172. The molecule has 1 saturated heterocycles. The standard InChI is InChI=1S/C5H8O.C3H6O/c1-4(2)5(3)6;1-3-2-4-3/h1H2,2-3H3;3H,2H2,1H3. The predicted octanol–water partition coefficient (Wildman–Crippen LogP) is 1.56. The molecule has 10 heavy (non-hydrogen) atoms. The number of carbonyl (C=O) groups is 1. The lowest BCUT2D eigenvalue weighted by Gasteiger charge is -1.80. The number of ketones is 1. The van der Waals surface area contributed by atoms with Crippen LogP contribution in [0.2, 0.25) is 0 Å². The largest absolute Gasteiger partial charge is 0.373 e. The number of carbonyl (C=O) groups excluding carboxylic acids is 1. The van der Waals surface area contributed by atoms with Gasteiger partial charge in [0.05, 0.1) is 12.7 Å². The van der Waals surface area contributed by atoms with Gasteiger partial charge in [-0.1, -0.05) is 6.58 Å². The van der Waals surface area contributed by atoms with E-state index in [9.17, 15) is 4.79 Å². The van der Waals surface area contributed by atoms with E-state index in [1.54, 1.807) is 6.92 Å². The van der Waals surface area contributed by atoms with E-state index in [1.807, 2.05) is 0 Å². The molecule has 1 atom stereocenters. The van der Waals surface area contributed by atoms with Crippen LogP contribution >= 0.6 is 0 Å². The number of hydrogen-bond donors (Lipinski definition) is 0. The molecular formula is C8H14O2. The first-order chi connectivity index (χ1) is 4.54. The zero-order chi connectivity index (χ0) is 8.15. The molecule has 0 aliphatic carbocycles. The fourth-order valence-electron chi connectivity index (χ4n) is 0.0962. The monoisotopic (exact) mass is 142 g/mol. The summed E-state index contributed by atoms with van der Waals surface area (Å²) in [6.07, 6.45) is 0.583. The molecule has 1 rings (SSSR count). The Morgan fingerprint density at radius 3 is 1.80 bits per heavy atom. The zero-order valence-corrected chi connectivity index (χ0v) is 6.81. The van der Waals surface area contributed by atoms with E-state index in [1.165, 1.54) is 6.92 Å². The topological polar surface area (TPSA) is 29.6 Å². The molecular weight excluding hydrogens is 128 g/mol. The Bertz CT molecular complexity index is 122. The van der Waals surface area contributed by atoms with E-state index >= 15 is 0 Å².